The van der Waals surface area contributed by atoms with E-state index in [0.29, 0.717) is 17.9 Å². The SMILES string of the molecule is CCOc1cc(/C=C2/SC(=O)N(CC(=O)OCC(C)C)C2=O)ccc1OCC(=O)O. The fraction of sp³-hybridized carbons (Fsp3) is 0.400. The number of carboxylic acids is 1. The molecule has 1 aromatic carbocycles. The van der Waals surface area contributed by atoms with Gasteiger partial charge in [-0.3, -0.25) is 19.3 Å². The summed E-state index contributed by atoms with van der Waals surface area (Å²) in [5.41, 5.74) is 0.550. The molecule has 0 saturated carbocycles. The van der Waals surface area contributed by atoms with Gasteiger partial charge in [0.2, 0.25) is 0 Å². The number of rotatable bonds is 10. The second-order valence-corrected chi connectivity index (χ2v) is 7.66. The van der Waals surface area contributed by atoms with Crippen LogP contribution in [0.3, 0.4) is 0 Å². The van der Waals surface area contributed by atoms with Gasteiger partial charge in [0, 0.05) is 0 Å². The van der Waals surface area contributed by atoms with Gasteiger partial charge in [-0.05, 0) is 48.4 Å². The molecule has 1 aliphatic rings. The number of hydrogen-bond acceptors (Lipinski definition) is 8. The first kappa shape index (κ1) is 23.3. The van der Waals surface area contributed by atoms with Gasteiger partial charge in [0.05, 0.1) is 18.1 Å². The van der Waals surface area contributed by atoms with E-state index in [1.54, 1.807) is 19.1 Å². The fourth-order valence-electron chi connectivity index (χ4n) is 2.36. The summed E-state index contributed by atoms with van der Waals surface area (Å²) in [6, 6.07) is 4.70. The molecule has 2 rings (SSSR count). The summed E-state index contributed by atoms with van der Waals surface area (Å²) in [5.74, 6) is -1.66. The van der Waals surface area contributed by atoms with E-state index < -0.39 is 36.2 Å². The second kappa shape index (κ2) is 10.7. The van der Waals surface area contributed by atoms with Gasteiger partial charge in [0.25, 0.3) is 11.1 Å². The summed E-state index contributed by atoms with van der Waals surface area (Å²) in [7, 11) is 0. The van der Waals surface area contributed by atoms with Crippen LogP contribution in [0.2, 0.25) is 0 Å². The molecular formula is C20H23NO8S. The van der Waals surface area contributed by atoms with E-state index in [4.69, 9.17) is 19.3 Å². The Morgan fingerprint density at radius 3 is 2.57 bits per heavy atom. The third-order valence-corrected chi connectivity index (χ3v) is 4.56. The smallest absolute Gasteiger partial charge is 0.341 e. The molecule has 0 spiro atoms. The average molecular weight is 437 g/mol. The van der Waals surface area contributed by atoms with Gasteiger partial charge in [-0.25, -0.2) is 4.79 Å². The van der Waals surface area contributed by atoms with Crippen molar-refractivity contribution in [2.24, 2.45) is 5.92 Å². The average Bonchev–Trinajstić information content (AvgIpc) is 2.93. The van der Waals surface area contributed by atoms with Crippen molar-refractivity contribution in [1.29, 1.82) is 0 Å². The standard InChI is InChI=1S/C20H23NO8S/c1-4-27-15-7-13(5-6-14(15)28-11-17(22)23)8-16-19(25)21(20(26)30-16)9-18(24)29-10-12(2)3/h5-8,12H,4,9-11H2,1-3H3,(H,22,23)/b16-8+. The van der Waals surface area contributed by atoms with E-state index in [-0.39, 0.29) is 23.2 Å². The van der Waals surface area contributed by atoms with Crippen LogP contribution < -0.4 is 9.47 Å². The Morgan fingerprint density at radius 1 is 1.20 bits per heavy atom. The van der Waals surface area contributed by atoms with Gasteiger partial charge in [0.15, 0.2) is 18.1 Å². The minimum atomic E-state index is -1.12. The Kier molecular flexibility index (Phi) is 8.28. The maximum Gasteiger partial charge on any atom is 0.341 e. The summed E-state index contributed by atoms with van der Waals surface area (Å²) in [4.78, 5) is 48.2. The lowest BCUT2D eigenvalue weighted by Gasteiger charge is -2.13. The quantitative estimate of drug-likeness (QED) is 0.435. The van der Waals surface area contributed by atoms with Gasteiger partial charge in [-0.15, -0.1) is 0 Å². The highest BCUT2D eigenvalue weighted by molar-refractivity contribution is 8.18. The van der Waals surface area contributed by atoms with E-state index in [9.17, 15) is 19.2 Å². The molecule has 30 heavy (non-hydrogen) atoms. The molecule has 0 aromatic heterocycles. The molecule has 1 N–H and O–H groups in total. The number of benzene rings is 1. The van der Waals surface area contributed by atoms with Crippen LogP contribution in [0.25, 0.3) is 6.08 Å². The number of ether oxygens (including phenoxy) is 3. The zero-order valence-electron chi connectivity index (χ0n) is 16.9. The fourth-order valence-corrected chi connectivity index (χ4v) is 3.20. The minimum absolute atomic E-state index is 0.144. The van der Waals surface area contributed by atoms with Crippen LogP contribution >= 0.6 is 11.8 Å². The van der Waals surface area contributed by atoms with Crippen molar-refractivity contribution in [3.8, 4) is 11.5 Å². The Bertz CT molecular complexity index is 864. The van der Waals surface area contributed by atoms with E-state index in [0.717, 1.165) is 16.7 Å². The minimum Gasteiger partial charge on any atom is -0.490 e. The molecule has 1 aliphatic heterocycles. The molecule has 1 saturated heterocycles. The largest absolute Gasteiger partial charge is 0.490 e. The van der Waals surface area contributed by atoms with Crippen molar-refractivity contribution >= 4 is 40.9 Å². The number of imide groups is 1. The van der Waals surface area contributed by atoms with Crippen LogP contribution in [0.15, 0.2) is 23.1 Å². The van der Waals surface area contributed by atoms with Crippen molar-refractivity contribution in [3.63, 3.8) is 0 Å². The molecule has 1 heterocycles. The van der Waals surface area contributed by atoms with Crippen molar-refractivity contribution in [1.82, 2.24) is 4.90 Å². The maximum absolute atomic E-state index is 12.5. The van der Waals surface area contributed by atoms with E-state index in [1.165, 1.54) is 12.1 Å². The molecule has 162 valence electrons. The monoisotopic (exact) mass is 437 g/mol. The lowest BCUT2D eigenvalue weighted by atomic mass is 10.2. The Morgan fingerprint density at radius 2 is 1.93 bits per heavy atom. The van der Waals surface area contributed by atoms with E-state index in [1.807, 2.05) is 13.8 Å². The lowest BCUT2D eigenvalue weighted by Crippen LogP contribution is -2.34. The first-order valence-corrected chi connectivity index (χ1v) is 10.0. The molecule has 10 heteroatoms. The van der Waals surface area contributed by atoms with Gasteiger partial charge < -0.3 is 19.3 Å². The maximum atomic E-state index is 12.5. The van der Waals surface area contributed by atoms with Crippen molar-refractivity contribution < 1.29 is 38.5 Å². The Hall–Kier alpha value is -3.01. The number of esters is 1. The topological polar surface area (TPSA) is 119 Å². The summed E-state index contributed by atoms with van der Waals surface area (Å²) in [5, 5.41) is 8.20. The number of amides is 2. The highest BCUT2D eigenvalue weighted by Gasteiger charge is 2.36. The number of carbonyl (C=O) groups is 4. The van der Waals surface area contributed by atoms with Crippen molar-refractivity contribution in [2.75, 3.05) is 26.4 Å². The zero-order chi connectivity index (χ0) is 22.3. The molecule has 0 atom stereocenters. The van der Waals surface area contributed by atoms with Gasteiger partial charge in [-0.2, -0.15) is 0 Å². The van der Waals surface area contributed by atoms with Crippen molar-refractivity contribution in [3.05, 3.63) is 28.7 Å². The summed E-state index contributed by atoms with van der Waals surface area (Å²) >= 11 is 0.722. The number of thioether (sulfide) groups is 1. The number of aliphatic carboxylic acids is 1. The van der Waals surface area contributed by atoms with Gasteiger partial charge in [-0.1, -0.05) is 19.9 Å². The molecule has 0 aliphatic carbocycles. The van der Waals surface area contributed by atoms with Crippen LogP contribution in [-0.4, -0.2) is 59.5 Å². The number of carboxylic acid groups (broad SMARTS) is 1. The second-order valence-electron chi connectivity index (χ2n) is 6.67. The van der Waals surface area contributed by atoms with Gasteiger partial charge >= 0.3 is 11.9 Å². The summed E-state index contributed by atoms with van der Waals surface area (Å²) in [6.07, 6.45) is 1.49. The molecule has 0 unspecified atom stereocenters. The van der Waals surface area contributed by atoms with Crippen LogP contribution in [0.1, 0.15) is 26.3 Å². The predicted octanol–water partition coefficient (Wildman–Crippen LogP) is 2.78. The molecule has 9 nitrogen and oxygen atoms in total. The number of hydrogen-bond donors (Lipinski definition) is 1. The Labute approximate surface area is 178 Å². The molecule has 1 fully saturated rings. The van der Waals surface area contributed by atoms with E-state index in [2.05, 4.69) is 0 Å². The van der Waals surface area contributed by atoms with Crippen LogP contribution in [0, 0.1) is 5.92 Å². The van der Waals surface area contributed by atoms with Crippen LogP contribution in [0.4, 0.5) is 4.79 Å². The Balaban J connectivity index is 2.14. The highest BCUT2D eigenvalue weighted by Crippen LogP contribution is 2.34. The number of carbonyl (C=O) groups excluding carboxylic acids is 3. The number of nitrogens with zero attached hydrogens (tertiary/aromatic N) is 1. The third-order valence-electron chi connectivity index (χ3n) is 3.65. The third kappa shape index (κ3) is 6.51. The molecule has 1 aromatic rings. The predicted molar refractivity (Wildman–Crippen MR) is 109 cm³/mol. The lowest BCUT2D eigenvalue weighted by molar-refractivity contribution is -0.147. The van der Waals surface area contributed by atoms with Gasteiger partial charge in [0.1, 0.15) is 6.54 Å². The van der Waals surface area contributed by atoms with E-state index >= 15 is 0 Å². The normalized spacial score (nSPS) is 15.1. The molecular weight excluding hydrogens is 414 g/mol. The first-order valence-electron chi connectivity index (χ1n) is 9.23. The summed E-state index contributed by atoms with van der Waals surface area (Å²) in [6.45, 7) is 5.09. The first-order chi connectivity index (χ1) is 14.2. The molecule has 2 amide bonds. The molecule has 0 radical (unpaired) electrons. The zero-order valence-corrected chi connectivity index (χ0v) is 17.7. The highest BCUT2D eigenvalue weighted by atomic mass is 32.2. The summed E-state index contributed by atoms with van der Waals surface area (Å²) < 4.78 is 15.7. The molecule has 0 bridgehead atoms. The van der Waals surface area contributed by atoms with Crippen LogP contribution in [-0.2, 0) is 19.1 Å². The van der Waals surface area contributed by atoms with Crippen LogP contribution in [0.5, 0.6) is 11.5 Å². The van der Waals surface area contributed by atoms with Crippen molar-refractivity contribution in [2.45, 2.75) is 20.8 Å².